The van der Waals surface area contributed by atoms with Crippen molar-refractivity contribution in [3.05, 3.63) is 17.6 Å². The first kappa shape index (κ1) is 15.2. The van der Waals surface area contributed by atoms with Gasteiger partial charge in [0.2, 0.25) is 0 Å². The van der Waals surface area contributed by atoms with Crippen LogP contribution in [0.25, 0.3) is 0 Å². The summed E-state index contributed by atoms with van der Waals surface area (Å²) in [5.74, 6) is 2.45. The van der Waals surface area contributed by atoms with E-state index in [4.69, 9.17) is 14.7 Å². The van der Waals surface area contributed by atoms with Gasteiger partial charge in [-0.05, 0) is 38.5 Å². The standard InChI is InChI=1S/C16H27N3O/c1-5-13-10-14(17-6-2)19-15(18-13)16(20-4)9-7-8-12(3)11-16/h10,12H,5-9,11H2,1-4H3,(H,17,18,19). The molecule has 112 valence electrons. The van der Waals surface area contributed by atoms with Crippen LogP contribution in [0, 0.1) is 5.92 Å². The molecule has 1 aromatic rings. The Balaban J connectivity index is 2.39. The number of nitrogens with zero attached hydrogens (tertiary/aromatic N) is 2. The third-order valence-corrected chi connectivity index (χ3v) is 4.25. The summed E-state index contributed by atoms with van der Waals surface area (Å²) < 4.78 is 5.92. The second-order valence-corrected chi connectivity index (χ2v) is 5.85. The predicted molar refractivity (Wildman–Crippen MR) is 81.9 cm³/mol. The van der Waals surface area contributed by atoms with Gasteiger partial charge in [-0.1, -0.05) is 20.3 Å². The van der Waals surface area contributed by atoms with E-state index in [2.05, 4.69) is 26.1 Å². The first-order valence-electron chi connectivity index (χ1n) is 7.81. The SMILES string of the molecule is CCNc1cc(CC)nc(C2(OC)CCCC(C)C2)n1. The first-order valence-corrected chi connectivity index (χ1v) is 7.81. The highest BCUT2D eigenvalue weighted by atomic mass is 16.5. The Morgan fingerprint density at radius 2 is 2.20 bits per heavy atom. The lowest BCUT2D eigenvalue weighted by atomic mass is 9.78. The Bertz CT molecular complexity index is 449. The largest absolute Gasteiger partial charge is 0.370 e. The lowest BCUT2D eigenvalue weighted by Gasteiger charge is -2.37. The number of hydrogen-bond acceptors (Lipinski definition) is 4. The van der Waals surface area contributed by atoms with Gasteiger partial charge in [-0.25, -0.2) is 9.97 Å². The van der Waals surface area contributed by atoms with Gasteiger partial charge in [0.1, 0.15) is 11.4 Å². The summed E-state index contributed by atoms with van der Waals surface area (Å²) in [5.41, 5.74) is 0.785. The molecule has 0 saturated heterocycles. The maximum absolute atomic E-state index is 5.92. The number of hydrogen-bond donors (Lipinski definition) is 1. The fourth-order valence-corrected chi connectivity index (χ4v) is 3.14. The van der Waals surface area contributed by atoms with E-state index in [1.807, 2.05) is 6.07 Å². The van der Waals surface area contributed by atoms with Gasteiger partial charge in [-0.15, -0.1) is 0 Å². The summed E-state index contributed by atoms with van der Waals surface area (Å²) in [5, 5.41) is 3.31. The van der Waals surface area contributed by atoms with Crippen LogP contribution in [0.2, 0.25) is 0 Å². The molecule has 2 unspecified atom stereocenters. The lowest BCUT2D eigenvalue weighted by Crippen LogP contribution is -2.36. The minimum atomic E-state index is -0.299. The highest BCUT2D eigenvalue weighted by molar-refractivity contribution is 5.37. The van der Waals surface area contributed by atoms with Crippen LogP contribution in [0.4, 0.5) is 5.82 Å². The fourth-order valence-electron chi connectivity index (χ4n) is 3.14. The van der Waals surface area contributed by atoms with Crippen LogP contribution in [0.15, 0.2) is 6.07 Å². The van der Waals surface area contributed by atoms with Crippen molar-refractivity contribution in [2.24, 2.45) is 5.92 Å². The molecule has 0 radical (unpaired) electrons. The number of rotatable bonds is 5. The summed E-state index contributed by atoms with van der Waals surface area (Å²) in [4.78, 5) is 9.48. The zero-order valence-corrected chi connectivity index (χ0v) is 13.2. The number of ether oxygens (including phenoxy) is 1. The summed E-state index contributed by atoms with van der Waals surface area (Å²) >= 11 is 0. The smallest absolute Gasteiger partial charge is 0.162 e. The molecule has 0 aromatic carbocycles. The minimum Gasteiger partial charge on any atom is -0.370 e. The van der Waals surface area contributed by atoms with Gasteiger partial charge < -0.3 is 10.1 Å². The van der Waals surface area contributed by atoms with E-state index in [-0.39, 0.29) is 5.60 Å². The van der Waals surface area contributed by atoms with E-state index in [0.717, 1.165) is 43.1 Å². The molecule has 0 aliphatic heterocycles. The van der Waals surface area contributed by atoms with Crippen molar-refractivity contribution >= 4 is 5.82 Å². The van der Waals surface area contributed by atoms with Crippen molar-refractivity contribution < 1.29 is 4.74 Å². The second kappa shape index (κ2) is 6.53. The molecule has 0 spiro atoms. The Morgan fingerprint density at radius 3 is 2.80 bits per heavy atom. The molecule has 1 N–H and O–H groups in total. The van der Waals surface area contributed by atoms with Crippen LogP contribution in [-0.2, 0) is 16.8 Å². The van der Waals surface area contributed by atoms with Crippen molar-refractivity contribution in [3.8, 4) is 0 Å². The van der Waals surface area contributed by atoms with Crippen LogP contribution in [0.3, 0.4) is 0 Å². The van der Waals surface area contributed by atoms with E-state index >= 15 is 0 Å². The molecule has 4 nitrogen and oxygen atoms in total. The third-order valence-electron chi connectivity index (χ3n) is 4.25. The quantitative estimate of drug-likeness (QED) is 0.894. The average molecular weight is 277 g/mol. The first-order chi connectivity index (χ1) is 9.63. The highest BCUT2D eigenvalue weighted by Crippen LogP contribution is 2.41. The monoisotopic (exact) mass is 277 g/mol. The van der Waals surface area contributed by atoms with E-state index < -0.39 is 0 Å². The predicted octanol–water partition coefficient (Wildman–Crippen LogP) is 3.52. The van der Waals surface area contributed by atoms with E-state index in [1.54, 1.807) is 7.11 Å². The van der Waals surface area contributed by atoms with E-state index in [9.17, 15) is 0 Å². The maximum Gasteiger partial charge on any atom is 0.162 e. The molecule has 0 amide bonds. The molecule has 4 heteroatoms. The van der Waals surface area contributed by atoms with Crippen LogP contribution in [-0.4, -0.2) is 23.6 Å². The van der Waals surface area contributed by atoms with Gasteiger partial charge in [-0.3, -0.25) is 0 Å². The van der Waals surface area contributed by atoms with Gasteiger partial charge in [0.25, 0.3) is 0 Å². The van der Waals surface area contributed by atoms with Crippen LogP contribution in [0.1, 0.15) is 58.0 Å². The van der Waals surface area contributed by atoms with Gasteiger partial charge in [0.15, 0.2) is 5.82 Å². The van der Waals surface area contributed by atoms with Gasteiger partial charge >= 0.3 is 0 Å². The Hall–Kier alpha value is -1.16. The molecule has 1 fully saturated rings. The van der Waals surface area contributed by atoms with Crippen LogP contribution in [0.5, 0.6) is 0 Å². The molecular weight excluding hydrogens is 250 g/mol. The van der Waals surface area contributed by atoms with Gasteiger partial charge in [-0.2, -0.15) is 0 Å². The lowest BCUT2D eigenvalue weighted by molar-refractivity contribution is -0.0646. The molecule has 0 bridgehead atoms. The zero-order valence-electron chi connectivity index (χ0n) is 13.2. The Labute approximate surface area is 122 Å². The van der Waals surface area contributed by atoms with Crippen molar-refractivity contribution in [1.29, 1.82) is 0 Å². The zero-order chi connectivity index (χ0) is 14.6. The van der Waals surface area contributed by atoms with E-state index in [0.29, 0.717) is 5.92 Å². The normalized spacial score (nSPS) is 26.5. The number of aromatic nitrogens is 2. The fraction of sp³-hybridized carbons (Fsp3) is 0.750. The molecule has 20 heavy (non-hydrogen) atoms. The summed E-state index contributed by atoms with van der Waals surface area (Å²) in [6, 6.07) is 2.04. The number of methoxy groups -OCH3 is 1. The van der Waals surface area contributed by atoms with Gasteiger partial charge in [0, 0.05) is 25.4 Å². The highest BCUT2D eigenvalue weighted by Gasteiger charge is 2.39. The average Bonchev–Trinajstić information content (AvgIpc) is 2.47. The molecule has 1 aliphatic carbocycles. The summed E-state index contributed by atoms with van der Waals surface area (Å²) in [6.45, 7) is 7.38. The van der Waals surface area contributed by atoms with Crippen LogP contribution >= 0.6 is 0 Å². The van der Waals surface area contributed by atoms with Crippen molar-refractivity contribution in [1.82, 2.24) is 9.97 Å². The van der Waals surface area contributed by atoms with E-state index in [1.165, 1.54) is 12.8 Å². The topological polar surface area (TPSA) is 47.0 Å². The number of anilines is 1. The van der Waals surface area contributed by atoms with Crippen molar-refractivity contribution in [2.75, 3.05) is 19.0 Å². The van der Waals surface area contributed by atoms with Gasteiger partial charge in [0.05, 0.1) is 0 Å². The molecule has 1 aliphatic rings. The molecule has 1 aromatic heterocycles. The van der Waals surface area contributed by atoms with Crippen molar-refractivity contribution in [3.63, 3.8) is 0 Å². The number of nitrogens with one attached hydrogen (secondary N) is 1. The number of aryl methyl sites for hydroxylation is 1. The minimum absolute atomic E-state index is 0.299. The molecular formula is C16H27N3O. The molecule has 1 heterocycles. The second-order valence-electron chi connectivity index (χ2n) is 5.85. The third kappa shape index (κ3) is 3.11. The van der Waals surface area contributed by atoms with Crippen LogP contribution < -0.4 is 5.32 Å². The maximum atomic E-state index is 5.92. The molecule has 2 rings (SSSR count). The molecule has 2 atom stereocenters. The Kier molecular flexibility index (Phi) is 4.97. The Morgan fingerprint density at radius 1 is 1.40 bits per heavy atom. The summed E-state index contributed by atoms with van der Waals surface area (Å²) in [7, 11) is 1.80. The van der Waals surface area contributed by atoms with Crippen molar-refractivity contribution in [2.45, 2.75) is 58.5 Å². The summed E-state index contributed by atoms with van der Waals surface area (Å²) in [6.07, 6.45) is 5.42. The molecule has 1 saturated carbocycles.